The molecule has 1 aromatic carbocycles. The van der Waals surface area contributed by atoms with Crippen LogP contribution < -0.4 is 0 Å². The van der Waals surface area contributed by atoms with Gasteiger partial charge in [0.1, 0.15) is 0 Å². The molecule has 0 unspecified atom stereocenters. The summed E-state index contributed by atoms with van der Waals surface area (Å²) in [6.45, 7) is 4.04. The molecule has 0 saturated carbocycles. The average Bonchev–Trinajstić information content (AvgIpc) is 3.01. The number of thioether (sulfide) groups is 1. The highest BCUT2D eigenvalue weighted by Crippen LogP contribution is 2.33. The second-order valence-corrected chi connectivity index (χ2v) is 7.56. The fourth-order valence-electron chi connectivity index (χ4n) is 2.85. The largest absolute Gasteiger partial charge is 0.318 e. The zero-order valence-electron chi connectivity index (χ0n) is 14.3. The van der Waals surface area contributed by atoms with Crippen LogP contribution >= 0.6 is 35.0 Å². The zero-order chi connectivity index (χ0) is 18.3. The molecule has 1 aliphatic rings. The number of aromatic nitrogens is 1. The molecule has 130 valence electrons. The number of carbonyl (C=O) groups is 1. The molecule has 4 nitrogen and oxygen atoms in total. The van der Waals surface area contributed by atoms with Crippen LogP contribution in [0, 0.1) is 13.8 Å². The Morgan fingerprint density at radius 3 is 2.48 bits per heavy atom. The molecule has 0 bridgehead atoms. The summed E-state index contributed by atoms with van der Waals surface area (Å²) in [5.41, 5.74) is 4.01. The van der Waals surface area contributed by atoms with Gasteiger partial charge in [-0.15, -0.1) is 0 Å². The summed E-state index contributed by atoms with van der Waals surface area (Å²) in [7, 11) is 3.42. The maximum absolute atomic E-state index is 12.4. The first-order chi connectivity index (χ1) is 11.8. The van der Waals surface area contributed by atoms with Crippen LogP contribution in [-0.4, -0.2) is 34.6 Å². The lowest BCUT2D eigenvalue weighted by molar-refractivity contribution is -0.121. The van der Waals surface area contributed by atoms with Crippen molar-refractivity contribution in [2.24, 2.45) is 4.99 Å². The van der Waals surface area contributed by atoms with Gasteiger partial charge in [-0.25, -0.2) is 0 Å². The maximum Gasteiger partial charge on any atom is 0.266 e. The number of hydrogen-bond acceptors (Lipinski definition) is 3. The molecular formula is C18H17Cl2N3OS. The van der Waals surface area contributed by atoms with Crippen molar-refractivity contribution in [3.8, 4) is 5.69 Å². The van der Waals surface area contributed by atoms with E-state index in [1.54, 1.807) is 25.1 Å². The van der Waals surface area contributed by atoms with Crippen LogP contribution in [0.25, 0.3) is 11.8 Å². The van der Waals surface area contributed by atoms with Gasteiger partial charge >= 0.3 is 0 Å². The number of hydrogen-bond donors (Lipinski definition) is 0. The minimum absolute atomic E-state index is 0.0371. The number of halogens is 2. The van der Waals surface area contributed by atoms with E-state index in [0.29, 0.717) is 20.1 Å². The Kier molecular flexibility index (Phi) is 5.00. The predicted octanol–water partition coefficient (Wildman–Crippen LogP) is 4.93. The quantitative estimate of drug-likeness (QED) is 0.678. The number of aliphatic imine (C=N–C) groups is 1. The van der Waals surface area contributed by atoms with Gasteiger partial charge in [-0.3, -0.25) is 14.7 Å². The number of carbonyl (C=O) groups excluding carboxylic acids is 1. The maximum atomic E-state index is 12.4. The monoisotopic (exact) mass is 393 g/mol. The first kappa shape index (κ1) is 18.1. The third kappa shape index (κ3) is 3.24. The summed E-state index contributed by atoms with van der Waals surface area (Å²) >= 11 is 13.6. The number of benzene rings is 1. The fourth-order valence-corrected chi connectivity index (χ4v) is 4.06. The molecule has 2 aromatic rings. The van der Waals surface area contributed by atoms with E-state index in [1.807, 2.05) is 32.1 Å². The van der Waals surface area contributed by atoms with Gasteiger partial charge in [0.15, 0.2) is 5.17 Å². The van der Waals surface area contributed by atoms with E-state index >= 15 is 0 Å². The van der Waals surface area contributed by atoms with Crippen LogP contribution in [0.2, 0.25) is 10.0 Å². The first-order valence-corrected chi connectivity index (χ1v) is 9.19. The van der Waals surface area contributed by atoms with Gasteiger partial charge in [0.25, 0.3) is 5.91 Å². The Bertz CT molecular complexity index is 931. The molecule has 1 fully saturated rings. The highest BCUT2D eigenvalue weighted by molar-refractivity contribution is 8.18. The van der Waals surface area contributed by atoms with E-state index in [9.17, 15) is 4.79 Å². The Morgan fingerprint density at radius 1 is 1.16 bits per heavy atom. The summed E-state index contributed by atoms with van der Waals surface area (Å²) in [5, 5.41) is 1.74. The molecule has 1 saturated heterocycles. The van der Waals surface area contributed by atoms with Crippen LogP contribution in [0.1, 0.15) is 17.0 Å². The number of likely N-dealkylation sites (N-methyl/N-ethyl adjacent to an activating group) is 1. The number of aryl methyl sites for hydroxylation is 1. The highest BCUT2D eigenvalue weighted by atomic mass is 35.5. The Morgan fingerprint density at radius 2 is 1.88 bits per heavy atom. The smallest absolute Gasteiger partial charge is 0.266 e. The van der Waals surface area contributed by atoms with Crippen molar-refractivity contribution in [1.82, 2.24) is 9.47 Å². The van der Waals surface area contributed by atoms with Crippen LogP contribution in [0.4, 0.5) is 0 Å². The molecule has 0 N–H and O–H groups in total. The van der Waals surface area contributed by atoms with E-state index in [0.717, 1.165) is 22.6 Å². The van der Waals surface area contributed by atoms with E-state index in [1.165, 1.54) is 11.8 Å². The zero-order valence-corrected chi connectivity index (χ0v) is 16.6. The van der Waals surface area contributed by atoms with Gasteiger partial charge in [-0.05, 0) is 61.5 Å². The summed E-state index contributed by atoms with van der Waals surface area (Å²) in [6.07, 6.45) is 1.91. The Labute approximate surface area is 161 Å². The highest BCUT2D eigenvalue weighted by Gasteiger charge is 2.30. The minimum atomic E-state index is -0.0371. The molecule has 0 spiro atoms. The summed E-state index contributed by atoms with van der Waals surface area (Å²) < 4.78 is 2.09. The van der Waals surface area contributed by atoms with Gasteiger partial charge in [0.05, 0.1) is 15.0 Å². The standard InChI is InChI=1S/C18H17Cl2N3OS/c1-10-7-12(8-16-17(24)22(4)18(21-3)25-16)11(2)23(10)13-5-6-14(19)15(20)9-13/h5-9H,1-4H3/b16-8+,21-18?. The van der Waals surface area contributed by atoms with Gasteiger partial charge in [-0.2, -0.15) is 0 Å². The second kappa shape index (κ2) is 6.90. The van der Waals surface area contributed by atoms with Crippen molar-refractivity contribution in [1.29, 1.82) is 0 Å². The van der Waals surface area contributed by atoms with Crippen LogP contribution in [-0.2, 0) is 4.79 Å². The number of amides is 1. The molecular weight excluding hydrogens is 377 g/mol. The molecule has 0 radical (unpaired) electrons. The lowest BCUT2D eigenvalue weighted by atomic mass is 10.2. The van der Waals surface area contributed by atoms with Crippen LogP contribution in [0.3, 0.4) is 0 Å². The number of amidine groups is 1. The van der Waals surface area contributed by atoms with Gasteiger partial charge in [0.2, 0.25) is 0 Å². The molecule has 1 aliphatic heterocycles. The molecule has 0 aliphatic carbocycles. The molecule has 25 heavy (non-hydrogen) atoms. The fraction of sp³-hybridized carbons (Fsp3) is 0.222. The minimum Gasteiger partial charge on any atom is -0.318 e. The van der Waals surface area contributed by atoms with Crippen molar-refractivity contribution in [2.75, 3.05) is 14.1 Å². The normalized spacial score (nSPS) is 18.0. The molecule has 2 heterocycles. The third-order valence-corrected chi connectivity index (χ3v) is 6.00. The summed E-state index contributed by atoms with van der Waals surface area (Å²) in [5.74, 6) is -0.0371. The average molecular weight is 394 g/mol. The number of rotatable bonds is 2. The molecule has 1 aromatic heterocycles. The molecule has 0 atom stereocenters. The van der Waals surface area contributed by atoms with Crippen molar-refractivity contribution in [3.63, 3.8) is 0 Å². The molecule has 1 amide bonds. The second-order valence-electron chi connectivity index (χ2n) is 5.74. The Balaban J connectivity index is 2.05. The summed E-state index contributed by atoms with van der Waals surface area (Å²) in [4.78, 5) is 18.7. The van der Waals surface area contributed by atoms with Gasteiger partial charge in [0, 0.05) is 31.2 Å². The summed E-state index contributed by atoms with van der Waals surface area (Å²) in [6, 6.07) is 7.60. The van der Waals surface area contributed by atoms with E-state index in [4.69, 9.17) is 23.2 Å². The van der Waals surface area contributed by atoms with Crippen LogP contribution in [0.5, 0.6) is 0 Å². The van der Waals surface area contributed by atoms with Crippen molar-refractivity contribution in [2.45, 2.75) is 13.8 Å². The van der Waals surface area contributed by atoms with Crippen molar-refractivity contribution < 1.29 is 4.79 Å². The lowest BCUT2D eigenvalue weighted by Crippen LogP contribution is -2.23. The van der Waals surface area contributed by atoms with Crippen molar-refractivity contribution >= 4 is 52.1 Å². The number of nitrogens with zero attached hydrogens (tertiary/aromatic N) is 3. The topological polar surface area (TPSA) is 37.6 Å². The van der Waals surface area contributed by atoms with Gasteiger partial charge < -0.3 is 4.57 Å². The SMILES string of the molecule is CN=C1S/C(=C/c2cc(C)n(-c3ccc(Cl)c(Cl)c3)c2C)C(=O)N1C. The van der Waals surface area contributed by atoms with E-state index < -0.39 is 0 Å². The predicted molar refractivity (Wildman–Crippen MR) is 107 cm³/mol. The van der Waals surface area contributed by atoms with E-state index in [2.05, 4.69) is 15.6 Å². The third-order valence-electron chi connectivity index (χ3n) is 4.11. The van der Waals surface area contributed by atoms with Crippen LogP contribution in [0.15, 0.2) is 34.2 Å². The molecule has 3 rings (SSSR count). The van der Waals surface area contributed by atoms with E-state index in [-0.39, 0.29) is 5.91 Å². The lowest BCUT2D eigenvalue weighted by Gasteiger charge is -2.10. The Hall–Kier alpha value is -1.69. The first-order valence-electron chi connectivity index (χ1n) is 7.62. The molecule has 7 heteroatoms. The van der Waals surface area contributed by atoms with Crippen molar-refractivity contribution in [3.05, 3.63) is 56.2 Å². The van der Waals surface area contributed by atoms with Gasteiger partial charge in [-0.1, -0.05) is 23.2 Å².